The zero-order valence-corrected chi connectivity index (χ0v) is 13.5. The van der Waals surface area contributed by atoms with Crippen LogP contribution in [0, 0.1) is 5.92 Å². The zero-order chi connectivity index (χ0) is 15.8. The first kappa shape index (κ1) is 17.0. The fourth-order valence-electron chi connectivity index (χ4n) is 3.21. The van der Waals surface area contributed by atoms with E-state index in [-0.39, 0.29) is 18.6 Å². The maximum atomic E-state index is 11.4. The average Bonchev–Trinajstić information content (AvgIpc) is 2.96. The average molecular weight is 304 g/mol. The molecule has 1 fully saturated rings. The van der Waals surface area contributed by atoms with Gasteiger partial charge < -0.3 is 10.4 Å². The van der Waals surface area contributed by atoms with Crippen molar-refractivity contribution in [2.24, 2.45) is 5.92 Å². The summed E-state index contributed by atoms with van der Waals surface area (Å²) in [4.78, 5) is 13.7. The van der Waals surface area contributed by atoms with Crippen molar-refractivity contribution < 1.29 is 9.90 Å². The second kappa shape index (κ2) is 8.91. The Morgan fingerprint density at radius 1 is 1.36 bits per heavy atom. The Bertz CT molecular complexity index is 450. The largest absolute Gasteiger partial charge is 0.395 e. The fraction of sp³-hybridized carbons (Fsp3) is 0.611. The number of rotatable bonds is 8. The van der Waals surface area contributed by atoms with Crippen LogP contribution in [0.2, 0.25) is 0 Å². The lowest BCUT2D eigenvalue weighted by Crippen LogP contribution is -2.34. The van der Waals surface area contributed by atoms with Crippen LogP contribution in [0.1, 0.15) is 31.7 Å². The van der Waals surface area contributed by atoms with Crippen LogP contribution in [0.5, 0.6) is 0 Å². The van der Waals surface area contributed by atoms with Crippen molar-refractivity contribution in [2.45, 2.75) is 38.6 Å². The summed E-state index contributed by atoms with van der Waals surface area (Å²) in [5.74, 6) is 0.576. The highest BCUT2D eigenvalue weighted by Gasteiger charge is 2.31. The summed E-state index contributed by atoms with van der Waals surface area (Å²) < 4.78 is 0. The Morgan fingerprint density at radius 3 is 2.82 bits per heavy atom. The molecule has 0 aromatic heterocycles. The first-order chi connectivity index (χ1) is 10.7. The number of carbonyl (C=O) groups is 1. The summed E-state index contributed by atoms with van der Waals surface area (Å²) in [6, 6.07) is 10.8. The number of aliphatic hydroxyl groups is 1. The molecule has 1 aliphatic rings. The molecule has 2 rings (SSSR count). The molecule has 1 aromatic rings. The highest BCUT2D eigenvalue weighted by molar-refractivity contribution is 5.75. The first-order valence-electron chi connectivity index (χ1n) is 8.38. The second-order valence-electron chi connectivity index (χ2n) is 6.18. The SMILES string of the molecule is CCC(=O)NCC1CC(CO)N(CCCc2ccccc2)C1. The molecule has 0 spiro atoms. The number of aliphatic hydroxyl groups excluding tert-OH is 1. The van der Waals surface area contributed by atoms with E-state index in [1.807, 2.05) is 13.0 Å². The van der Waals surface area contributed by atoms with Crippen molar-refractivity contribution in [1.29, 1.82) is 0 Å². The summed E-state index contributed by atoms with van der Waals surface area (Å²) >= 11 is 0. The monoisotopic (exact) mass is 304 g/mol. The fourth-order valence-corrected chi connectivity index (χ4v) is 3.21. The lowest BCUT2D eigenvalue weighted by atomic mass is 10.1. The maximum absolute atomic E-state index is 11.4. The number of amides is 1. The number of carbonyl (C=O) groups excluding carboxylic acids is 1. The van der Waals surface area contributed by atoms with E-state index in [4.69, 9.17) is 0 Å². The van der Waals surface area contributed by atoms with Gasteiger partial charge in [-0.15, -0.1) is 0 Å². The standard InChI is InChI=1S/C18H28N2O2/c1-2-18(22)19-12-16-11-17(14-21)20(13-16)10-6-9-15-7-4-3-5-8-15/h3-5,7-8,16-17,21H,2,6,9-14H2,1H3,(H,19,22). The molecule has 2 atom stereocenters. The van der Waals surface area contributed by atoms with Gasteiger partial charge in [0, 0.05) is 25.6 Å². The number of benzene rings is 1. The smallest absolute Gasteiger partial charge is 0.219 e. The molecule has 0 radical (unpaired) electrons. The van der Waals surface area contributed by atoms with Crippen LogP contribution >= 0.6 is 0 Å². The predicted molar refractivity (Wildman–Crippen MR) is 88.6 cm³/mol. The molecular formula is C18H28N2O2. The lowest BCUT2D eigenvalue weighted by molar-refractivity contribution is -0.120. The molecular weight excluding hydrogens is 276 g/mol. The Kier molecular flexibility index (Phi) is 6.87. The minimum Gasteiger partial charge on any atom is -0.395 e. The molecule has 4 nitrogen and oxygen atoms in total. The Balaban J connectivity index is 1.74. The van der Waals surface area contributed by atoms with Crippen LogP contribution in [0.3, 0.4) is 0 Å². The van der Waals surface area contributed by atoms with Crippen molar-refractivity contribution in [2.75, 3.05) is 26.2 Å². The molecule has 0 bridgehead atoms. The van der Waals surface area contributed by atoms with E-state index in [1.165, 1.54) is 5.56 Å². The predicted octanol–water partition coefficient (Wildman–Crippen LogP) is 1.83. The van der Waals surface area contributed by atoms with Crippen LogP contribution in [-0.4, -0.2) is 48.2 Å². The van der Waals surface area contributed by atoms with Gasteiger partial charge in [-0.1, -0.05) is 37.3 Å². The zero-order valence-electron chi connectivity index (χ0n) is 13.5. The van der Waals surface area contributed by atoms with E-state index in [2.05, 4.69) is 34.5 Å². The summed E-state index contributed by atoms with van der Waals surface area (Å²) in [6.45, 7) is 4.81. The molecule has 122 valence electrons. The molecule has 0 aliphatic carbocycles. The van der Waals surface area contributed by atoms with Crippen molar-refractivity contribution in [1.82, 2.24) is 10.2 Å². The van der Waals surface area contributed by atoms with Crippen LogP contribution in [0.15, 0.2) is 30.3 Å². The van der Waals surface area contributed by atoms with Crippen molar-refractivity contribution in [3.05, 3.63) is 35.9 Å². The van der Waals surface area contributed by atoms with E-state index < -0.39 is 0 Å². The molecule has 22 heavy (non-hydrogen) atoms. The third-order valence-corrected chi connectivity index (χ3v) is 4.49. The molecule has 0 saturated carbocycles. The van der Waals surface area contributed by atoms with Gasteiger partial charge >= 0.3 is 0 Å². The highest BCUT2D eigenvalue weighted by Crippen LogP contribution is 2.23. The Labute approximate surface area is 133 Å². The molecule has 4 heteroatoms. The summed E-state index contributed by atoms with van der Waals surface area (Å²) in [5, 5.41) is 12.5. The quantitative estimate of drug-likeness (QED) is 0.770. The minimum absolute atomic E-state index is 0.114. The second-order valence-corrected chi connectivity index (χ2v) is 6.18. The van der Waals surface area contributed by atoms with Crippen molar-refractivity contribution in [3.8, 4) is 0 Å². The lowest BCUT2D eigenvalue weighted by Gasteiger charge is -2.22. The van der Waals surface area contributed by atoms with Crippen LogP contribution < -0.4 is 5.32 Å². The number of aryl methyl sites for hydroxylation is 1. The number of nitrogens with zero attached hydrogens (tertiary/aromatic N) is 1. The van der Waals surface area contributed by atoms with E-state index >= 15 is 0 Å². The first-order valence-corrected chi connectivity index (χ1v) is 8.38. The van der Waals surface area contributed by atoms with Gasteiger partial charge in [0.2, 0.25) is 5.91 Å². The molecule has 2 N–H and O–H groups in total. The number of likely N-dealkylation sites (tertiary alicyclic amines) is 1. The van der Waals surface area contributed by atoms with Crippen molar-refractivity contribution >= 4 is 5.91 Å². The summed E-state index contributed by atoms with van der Waals surface area (Å²) in [5.41, 5.74) is 1.37. The van der Waals surface area contributed by atoms with Crippen LogP contribution in [-0.2, 0) is 11.2 Å². The number of hydrogen-bond acceptors (Lipinski definition) is 3. The normalized spacial score (nSPS) is 21.9. The van der Waals surface area contributed by atoms with Gasteiger partial charge in [0.05, 0.1) is 6.61 Å². The van der Waals surface area contributed by atoms with Gasteiger partial charge in [-0.2, -0.15) is 0 Å². The third kappa shape index (κ3) is 5.11. The molecule has 1 amide bonds. The van der Waals surface area contributed by atoms with Gasteiger partial charge in [0.25, 0.3) is 0 Å². The highest BCUT2D eigenvalue weighted by atomic mass is 16.3. The number of nitrogens with one attached hydrogen (secondary N) is 1. The van der Waals surface area contributed by atoms with E-state index in [1.54, 1.807) is 0 Å². The minimum atomic E-state index is 0.114. The topological polar surface area (TPSA) is 52.6 Å². The van der Waals surface area contributed by atoms with Gasteiger partial charge in [0.1, 0.15) is 0 Å². The Morgan fingerprint density at radius 2 is 2.14 bits per heavy atom. The molecule has 1 aliphatic heterocycles. The van der Waals surface area contributed by atoms with E-state index in [9.17, 15) is 9.90 Å². The maximum Gasteiger partial charge on any atom is 0.219 e. The van der Waals surface area contributed by atoms with Gasteiger partial charge in [0.15, 0.2) is 0 Å². The van der Waals surface area contributed by atoms with Crippen LogP contribution in [0.25, 0.3) is 0 Å². The molecule has 1 aromatic carbocycles. The van der Waals surface area contributed by atoms with Crippen LogP contribution in [0.4, 0.5) is 0 Å². The van der Waals surface area contributed by atoms with Gasteiger partial charge in [-0.25, -0.2) is 0 Å². The number of hydrogen-bond donors (Lipinski definition) is 2. The molecule has 1 saturated heterocycles. The van der Waals surface area contributed by atoms with E-state index in [0.29, 0.717) is 12.3 Å². The molecule has 1 heterocycles. The van der Waals surface area contributed by atoms with E-state index in [0.717, 1.165) is 38.9 Å². The third-order valence-electron chi connectivity index (χ3n) is 4.49. The Hall–Kier alpha value is -1.39. The molecule has 2 unspecified atom stereocenters. The summed E-state index contributed by atoms with van der Waals surface area (Å²) in [7, 11) is 0. The summed E-state index contributed by atoms with van der Waals surface area (Å²) in [6.07, 6.45) is 3.70. The van der Waals surface area contributed by atoms with Gasteiger partial charge in [-0.3, -0.25) is 9.69 Å². The van der Waals surface area contributed by atoms with Gasteiger partial charge in [-0.05, 0) is 37.3 Å². The van der Waals surface area contributed by atoms with Crippen molar-refractivity contribution in [3.63, 3.8) is 0 Å².